The molecule has 0 atom stereocenters. The van der Waals surface area contributed by atoms with Gasteiger partial charge in [-0.05, 0) is 60.7 Å². The summed E-state index contributed by atoms with van der Waals surface area (Å²) in [6.45, 7) is 6.67. The molecule has 1 aromatic rings. The number of carbonyl (C=O) groups is 1. The van der Waals surface area contributed by atoms with Gasteiger partial charge in [-0.25, -0.2) is 4.99 Å². The van der Waals surface area contributed by atoms with Crippen LogP contribution in [0.3, 0.4) is 0 Å². The summed E-state index contributed by atoms with van der Waals surface area (Å²) in [7, 11) is 0. The van der Waals surface area contributed by atoms with E-state index in [1.807, 2.05) is 38.1 Å². The van der Waals surface area contributed by atoms with Gasteiger partial charge in [0.05, 0.1) is 6.61 Å². The van der Waals surface area contributed by atoms with E-state index in [9.17, 15) is 4.79 Å². The Balaban J connectivity index is 2.22. The van der Waals surface area contributed by atoms with Crippen molar-refractivity contribution in [2.45, 2.75) is 20.8 Å². The van der Waals surface area contributed by atoms with E-state index in [4.69, 9.17) is 4.74 Å². The zero-order chi connectivity index (χ0) is 14.5. The molecule has 5 heteroatoms. The van der Waals surface area contributed by atoms with Gasteiger partial charge in [0.15, 0.2) is 0 Å². The van der Waals surface area contributed by atoms with Crippen molar-refractivity contribution >= 4 is 39.1 Å². The second kappa shape index (κ2) is 6.99. The highest BCUT2D eigenvalue weighted by Crippen LogP contribution is 2.31. The Morgan fingerprint density at radius 2 is 2.20 bits per heavy atom. The van der Waals surface area contributed by atoms with Gasteiger partial charge in [0.2, 0.25) is 5.12 Å². The van der Waals surface area contributed by atoms with Crippen LogP contribution in [0, 0.1) is 6.92 Å². The van der Waals surface area contributed by atoms with E-state index in [1.165, 1.54) is 11.8 Å². The van der Waals surface area contributed by atoms with Gasteiger partial charge in [-0.2, -0.15) is 0 Å². The molecular formula is C15H17NO2S2. The van der Waals surface area contributed by atoms with Gasteiger partial charge in [-0.3, -0.25) is 4.79 Å². The Hall–Kier alpha value is -1.20. The number of hydrogen-bond acceptors (Lipinski definition) is 5. The molecule has 0 radical (unpaired) electrons. The molecule has 0 unspecified atom stereocenters. The summed E-state index contributed by atoms with van der Waals surface area (Å²) in [5.41, 5.74) is 2.56. The monoisotopic (exact) mass is 307 g/mol. The Labute approximate surface area is 127 Å². The summed E-state index contributed by atoms with van der Waals surface area (Å²) in [5.74, 6) is 1.81. The summed E-state index contributed by atoms with van der Waals surface area (Å²) in [5, 5.41) is 0.0208. The summed E-state index contributed by atoms with van der Waals surface area (Å²) in [6.07, 6.45) is 1.83. The third-order valence-electron chi connectivity index (χ3n) is 2.67. The van der Waals surface area contributed by atoms with E-state index in [2.05, 4.69) is 11.9 Å². The van der Waals surface area contributed by atoms with Gasteiger partial charge in [-0.1, -0.05) is 24.8 Å². The average Bonchev–Trinajstić information content (AvgIpc) is 2.74. The molecule has 3 nitrogen and oxygen atoms in total. The number of aryl methyl sites for hydroxylation is 1. The lowest BCUT2D eigenvalue weighted by Crippen LogP contribution is -1.94. The van der Waals surface area contributed by atoms with Crippen LogP contribution in [0.25, 0.3) is 6.08 Å². The number of rotatable bonds is 4. The lowest BCUT2D eigenvalue weighted by atomic mass is 10.1. The molecule has 0 amide bonds. The van der Waals surface area contributed by atoms with Crippen LogP contribution in [-0.4, -0.2) is 21.9 Å². The first kappa shape index (κ1) is 15.2. The molecule has 0 aromatic heterocycles. The first-order valence-corrected chi connectivity index (χ1v) is 8.33. The van der Waals surface area contributed by atoms with Crippen LogP contribution in [0.5, 0.6) is 5.75 Å². The standard InChI is InChI=1S/C15H17NO2S2/c1-4-18-13-7-6-11(8-10(13)3)9-12-14(17)20-15(16-12)19-5-2/h6-9H,4-5H2,1-3H3/b12-9+. The van der Waals surface area contributed by atoms with Crippen molar-refractivity contribution in [3.8, 4) is 5.75 Å². The predicted molar refractivity (Wildman–Crippen MR) is 88.5 cm³/mol. The van der Waals surface area contributed by atoms with E-state index >= 15 is 0 Å². The molecule has 0 fully saturated rings. The number of ether oxygens (including phenoxy) is 1. The van der Waals surface area contributed by atoms with Gasteiger partial charge in [0.1, 0.15) is 15.8 Å². The molecule has 0 saturated heterocycles. The summed E-state index contributed by atoms with van der Waals surface area (Å²) in [6, 6.07) is 5.89. The van der Waals surface area contributed by atoms with Crippen molar-refractivity contribution in [3.63, 3.8) is 0 Å². The Kier molecular flexibility index (Phi) is 5.31. The van der Waals surface area contributed by atoms with Crippen LogP contribution in [-0.2, 0) is 4.79 Å². The number of aliphatic imine (C=N–C) groups is 1. The van der Waals surface area contributed by atoms with E-state index in [0.29, 0.717) is 12.3 Å². The normalized spacial score (nSPS) is 16.6. The lowest BCUT2D eigenvalue weighted by Gasteiger charge is -2.07. The molecule has 0 aliphatic carbocycles. The maximum absolute atomic E-state index is 11.9. The molecule has 0 spiro atoms. The first-order chi connectivity index (χ1) is 9.63. The zero-order valence-electron chi connectivity index (χ0n) is 11.8. The third kappa shape index (κ3) is 3.67. The van der Waals surface area contributed by atoms with Crippen molar-refractivity contribution in [2.24, 2.45) is 4.99 Å². The van der Waals surface area contributed by atoms with Crippen LogP contribution in [0.1, 0.15) is 25.0 Å². The molecule has 1 aliphatic rings. The molecule has 2 rings (SSSR count). The van der Waals surface area contributed by atoms with Gasteiger partial charge < -0.3 is 4.74 Å². The minimum Gasteiger partial charge on any atom is -0.494 e. The van der Waals surface area contributed by atoms with Crippen molar-refractivity contribution < 1.29 is 9.53 Å². The average molecular weight is 307 g/mol. The summed E-state index contributed by atoms with van der Waals surface area (Å²) < 4.78 is 6.35. The van der Waals surface area contributed by atoms with Crippen LogP contribution in [0.4, 0.5) is 0 Å². The maximum atomic E-state index is 11.9. The van der Waals surface area contributed by atoms with Gasteiger partial charge in [-0.15, -0.1) is 0 Å². The highest BCUT2D eigenvalue weighted by molar-refractivity contribution is 8.45. The van der Waals surface area contributed by atoms with Crippen LogP contribution < -0.4 is 4.74 Å². The van der Waals surface area contributed by atoms with E-state index in [0.717, 1.165) is 27.0 Å². The van der Waals surface area contributed by atoms with Gasteiger partial charge >= 0.3 is 0 Å². The molecule has 1 aliphatic heterocycles. The highest BCUT2D eigenvalue weighted by Gasteiger charge is 2.21. The fourth-order valence-electron chi connectivity index (χ4n) is 1.81. The van der Waals surface area contributed by atoms with Gasteiger partial charge in [0, 0.05) is 0 Å². The lowest BCUT2D eigenvalue weighted by molar-refractivity contribution is -0.107. The van der Waals surface area contributed by atoms with Crippen molar-refractivity contribution in [2.75, 3.05) is 12.4 Å². The van der Waals surface area contributed by atoms with Crippen molar-refractivity contribution in [1.82, 2.24) is 0 Å². The Morgan fingerprint density at radius 3 is 2.85 bits per heavy atom. The molecule has 106 valence electrons. The quantitative estimate of drug-likeness (QED) is 0.784. The van der Waals surface area contributed by atoms with Crippen molar-refractivity contribution in [3.05, 3.63) is 35.0 Å². The smallest absolute Gasteiger partial charge is 0.244 e. The molecule has 1 heterocycles. The second-order valence-corrected chi connectivity index (χ2v) is 6.66. The molecular weight excluding hydrogens is 290 g/mol. The van der Waals surface area contributed by atoms with E-state index < -0.39 is 0 Å². The molecule has 0 bridgehead atoms. The number of hydrogen-bond donors (Lipinski definition) is 0. The highest BCUT2D eigenvalue weighted by atomic mass is 32.2. The Bertz CT molecular complexity index is 579. The topological polar surface area (TPSA) is 38.7 Å². The van der Waals surface area contributed by atoms with Crippen LogP contribution in [0.15, 0.2) is 28.9 Å². The molecule has 0 saturated carbocycles. The minimum absolute atomic E-state index is 0.0208. The van der Waals surface area contributed by atoms with Gasteiger partial charge in [0.25, 0.3) is 0 Å². The third-order valence-corrected chi connectivity index (χ3v) is 4.56. The van der Waals surface area contributed by atoms with E-state index in [1.54, 1.807) is 11.8 Å². The largest absolute Gasteiger partial charge is 0.494 e. The molecule has 20 heavy (non-hydrogen) atoms. The number of benzene rings is 1. The fourth-order valence-corrected chi connectivity index (χ4v) is 3.55. The number of nitrogens with zero attached hydrogens (tertiary/aromatic N) is 1. The van der Waals surface area contributed by atoms with Crippen LogP contribution >= 0.6 is 23.5 Å². The molecule has 0 N–H and O–H groups in total. The second-order valence-electron chi connectivity index (χ2n) is 4.19. The predicted octanol–water partition coefficient (Wildman–Crippen LogP) is 4.12. The summed E-state index contributed by atoms with van der Waals surface area (Å²) in [4.78, 5) is 16.2. The van der Waals surface area contributed by atoms with E-state index in [-0.39, 0.29) is 5.12 Å². The Morgan fingerprint density at radius 1 is 1.40 bits per heavy atom. The minimum atomic E-state index is 0.0208. The first-order valence-electron chi connectivity index (χ1n) is 6.52. The summed E-state index contributed by atoms with van der Waals surface area (Å²) >= 11 is 2.81. The SMILES string of the molecule is CCOc1ccc(/C=C2/N=C(SCC)SC2=O)cc1C. The van der Waals surface area contributed by atoms with Crippen LogP contribution in [0.2, 0.25) is 0 Å². The van der Waals surface area contributed by atoms with Crippen molar-refractivity contribution in [1.29, 1.82) is 0 Å². The number of thioether (sulfide) groups is 2. The zero-order valence-corrected chi connectivity index (χ0v) is 13.4. The number of carbonyl (C=O) groups excluding carboxylic acids is 1. The fraction of sp³-hybridized carbons (Fsp3) is 0.333. The maximum Gasteiger partial charge on any atom is 0.244 e. The molecule has 1 aromatic carbocycles.